The molecule has 0 bridgehead atoms. The van der Waals surface area contributed by atoms with Gasteiger partial charge in [-0.05, 0) is 47.2 Å². The summed E-state index contributed by atoms with van der Waals surface area (Å²) in [5, 5.41) is 8.00. The van der Waals surface area contributed by atoms with Gasteiger partial charge in [0.1, 0.15) is 0 Å². The van der Waals surface area contributed by atoms with Gasteiger partial charge in [0, 0.05) is 49.0 Å². The fourth-order valence-corrected chi connectivity index (χ4v) is 10.0. The van der Waals surface area contributed by atoms with Crippen molar-refractivity contribution >= 4 is 72.6 Å². The SMILES string of the molecule is O=P(c1ccccc1)(c1ccccc1)c1cccc(-c2nc3c(N(c4ccccc4)c4ccccc4)cccc3c3c2ccc2ccccc23)c1. The molecule has 4 heteroatoms. The second-order valence-electron chi connectivity index (χ2n) is 12.7. The highest BCUT2D eigenvalue weighted by molar-refractivity contribution is 7.85. The van der Waals surface area contributed by atoms with Gasteiger partial charge in [0.25, 0.3) is 0 Å². The fraction of sp³-hybridized carbons (Fsp3) is 0. The summed E-state index contributed by atoms with van der Waals surface area (Å²) in [6, 6.07) is 68.3. The number of hydrogen-bond donors (Lipinski definition) is 0. The van der Waals surface area contributed by atoms with E-state index in [0.717, 1.165) is 65.9 Å². The minimum atomic E-state index is -3.21. The predicted octanol–water partition coefficient (Wildman–Crippen LogP) is 11.3. The summed E-state index contributed by atoms with van der Waals surface area (Å²) in [5.41, 5.74) is 5.74. The smallest absolute Gasteiger partial charge is 0.171 e. The summed E-state index contributed by atoms with van der Waals surface area (Å²) < 4.78 is 15.5. The molecule has 0 saturated heterocycles. The van der Waals surface area contributed by atoms with Crippen LogP contribution in [0.3, 0.4) is 0 Å². The van der Waals surface area contributed by atoms with E-state index in [1.165, 1.54) is 10.8 Å². The second-order valence-corrected chi connectivity index (χ2v) is 15.4. The molecule has 0 unspecified atom stereocenters. The Morgan fingerprint density at radius 1 is 0.431 bits per heavy atom. The lowest BCUT2D eigenvalue weighted by molar-refractivity contribution is 0.592. The molecule has 0 atom stereocenters. The Labute approximate surface area is 297 Å². The van der Waals surface area contributed by atoms with Crippen molar-refractivity contribution in [3.8, 4) is 11.3 Å². The van der Waals surface area contributed by atoms with E-state index in [4.69, 9.17) is 4.98 Å². The Morgan fingerprint density at radius 3 is 1.61 bits per heavy atom. The van der Waals surface area contributed by atoms with Crippen LogP contribution in [0.25, 0.3) is 43.7 Å². The van der Waals surface area contributed by atoms with Crippen LogP contribution in [0.5, 0.6) is 0 Å². The lowest BCUT2D eigenvalue weighted by Gasteiger charge is -2.27. The third-order valence-electron chi connectivity index (χ3n) is 9.68. The Morgan fingerprint density at radius 2 is 0.961 bits per heavy atom. The first-order valence-electron chi connectivity index (χ1n) is 17.2. The van der Waals surface area contributed by atoms with Crippen molar-refractivity contribution in [2.75, 3.05) is 4.90 Å². The standard InChI is InChI=1S/C47H33N2OP/c50-51(38-23-9-3-10-24-38,39-25-11-4-12-26-39)40-27-15-18-35(33-40)46-43-32-31-34-17-13-14-28-41(34)45(43)42-29-16-30-44(47(42)48-46)49(36-19-5-1-6-20-36)37-21-7-2-8-22-37/h1-33H. The van der Waals surface area contributed by atoms with Crippen LogP contribution in [0.4, 0.5) is 17.1 Å². The van der Waals surface area contributed by atoms with E-state index >= 15 is 4.57 Å². The van der Waals surface area contributed by atoms with Gasteiger partial charge in [-0.3, -0.25) is 0 Å². The minimum absolute atomic E-state index is 0.775. The van der Waals surface area contributed by atoms with Crippen LogP contribution in [-0.4, -0.2) is 4.98 Å². The Balaban J connectivity index is 1.36. The second kappa shape index (κ2) is 12.9. The van der Waals surface area contributed by atoms with Gasteiger partial charge in [-0.25, -0.2) is 4.98 Å². The van der Waals surface area contributed by atoms with Gasteiger partial charge in [0.2, 0.25) is 0 Å². The molecule has 9 aromatic rings. The first-order chi connectivity index (χ1) is 25.2. The lowest BCUT2D eigenvalue weighted by Crippen LogP contribution is -2.25. The van der Waals surface area contributed by atoms with Crippen molar-refractivity contribution < 1.29 is 4.57 Å². The van der Waals surface area contributed by atoms with Crippen molar-refractivity contribution in [3.05, 3.63) is 200 Å². The number of anilines is 3. The molecule has 0 spiro atoms. The zero-order valence-corrected chi connectivity index (χ0v) is 28.7. The third-order valence-corrected chi connectivity index (χ3v) is 12.7. The third kappa shape index (κ3) is 5.31. The number of nitrogens with zero attached hydrogens (tertiary/aromatic N) is 2. The number of hydrogen-bond acceptors (Lipinski definition) is 3. The van der Waals surface area contributed by atoms with Crippen LogP contribution in [0.15, 0.2) is 200 Å². The molecule has 0 saturated carbocycles. The van der Waals surface area contributed by atoms with Gasteiger partial charge in [-0.15, -0.1) is 0 Å². The molecule has 3 nitrogen and oxygen atoms in total. The van der Waals surface area contributed by atoms with Gasteiger partial charge >= 0.3 is 0 Å². The number of benzene rings is 8. The zero-order valence-electron chi connectivity index (χ0n) is 27.8. The number of aromatic nitrogens is 1. The molecule has 0 aliphatic rings. The molecule has 0 amide bonds. The number of pyridine rings is 1. The molecule has 242 valence electrons. The van der Waals surface area contributed by atoms with Crippen molar-refractivity contribution in [1.82, 2.24) is 4.98 Å². The highest BCUT2D eigenvalue weighted by atomic mass is 31.2. The van der Waals surface area contributed by atoms with Crippen LogP contribution in [0.1, 0.15) is 0 Å². The first kappa shape index (κ1) is 30.8. The fourth-order valence-electron chi connectivity index (χ4n) is 7.34. The normalized spacial score (nSPS) is 11.6. The van der Waals surface area contributed by atoms with E-state index in [9.17, 15) is 0 Å². The van der Waals surface area contributed by atoms with Crippen molar-refractivity contribution in [2.45, 2.75) is 0 Å². The summed E-state index contributed by atoms with van der Waals surface area (Å²) in [7, 11) is -3.21. The highest BCUT2D eigenvalue weighted by Gasteiger charge is 2.30. The Bertz CT molecular complexity index is 2630. The quantitative estimate of drug-likeness (QED) is 0.125. The maximum Gasteiger partial charge on any atom is 0.171 e. The molecule has 8 aromatic carbocycles. The molecule has 9 rings (SSSR count). The topological polar surface area (TPSA) is 33.2 Å². The van der Waals surface area contributed by atoms with Crippen LogP contribution in [0.2, 0.25) is 0 Å². The van der Waals surface area contributed by atoms with Crippen LogP contribution >= 0.6 is 7.14 Å². The Hall–Kier alpha value is -6.28. The maximum absolute atomic E-state index is 15.5. The van der Waals surface area contributed by atoms with Gasteiger partial charge in [0.05, 0.1) is 16.9 Å². The van der Waals surface area contributed by atoms with Crippen LogP contribution < -0.4 is 20.8 Å². The summed E-state index contributed by atoms with van der Waals surface area (Å²) >= 11 is 0. The van der Waals surface area contributed by atoms with E-state index in [2.05, 4.69) is 120 Å². The first-order valence-corrected chi connectivity index (χ1v) is 18.9. The lowest BCUT2D eigenvalue weighted by atomic mass is 9.94. The van der Waals surface area contributed by atoms with Crippen LogP contribution in [-0.2, 0) is 4.57 Å². The van der Waals surface area contributed by atoms with Crippen molar-refractivity contribution in [2.24, 2.45) is 0 Å². The summed E-state index contributed by atoms with van der Waals surface area (Å²) in [5.74, 6) is 0. The average Bonchev–Trinajstić information content (AvgIpc) is 3.21. The molecular formula is C47H33N2OP. The maximum atomic E-state index is 15.5. The number of para-hydroxylation sites is 3. The minimum Gasteiger partial charge on any atom is -0.309 e. The van der Waals surface area contributed by atoms with E-state index < -0.39 is 7.14 Å². The van der Waals surface area contributed by atoms with E-state index in [1.54, 1.807) is 0 Å². The molecule has 0 aliphatic carbocycles. The monoisotopic (exact) mass is 672 g/mol. The predicted molar refractivity (Wildman–Crippen MR) is 216 cm³/mol. The number of rotatable bonds is 7. The van der Waals surface area contributed by atoms with Crippen molar-refractivity contribution in [3.63, 3.8) is 0 Å². The molecule has 1 aromatic heterocycles. The van der Waals surface area contributed by atoms with Gasteiger partial charge in [-0.2, -0.15) is 0 Å². The molecule has 0 fully saturated rings. The average molecular weight is 673 g/mol. The molecule has 0 radical (unpaired) electrons. The molecular weight excluding hydrogens is 640 g/mol. The van der Waals surface area contributed by atoms with Gasteiger partial charge < -0.3 is 9.46 Å². The molecule has 51 heavy (non-hydrogen) atoms. The number of fused-ring (bicyclic) bond motifs is 5. The zero-order chi connectivity index (χ0) is 34.2. The van der Waals surface area contributed by atoms with Gasteiger partial charge in [-0.1, -0.05) is 164 Å². The molecule has 1 heterocycles. The Kier molecular flexibility index (Phi) is 7.76. The van der Waals surface area contributed by atoms with Crippen LogP contribution in [0, 0.1) is 0 Å². The van der Waals surface area contributed by atoms with E-state index in [-0.39, 0.29) is 0 Å². The summed E-state index contributed by atoms with van der Waals surface area (Å²) in [4.78, 5) is 7.87. The largest absolute Gasteiger partial charge is 0.309 e. The van der Waals surface area contributed by atoms with E-state index in [1.807, 2.05) is 84.9 Å². The summed E-state index contributed by atoms with van der Waals surface area (Å²) in [6.45, 7) is 0. The van der Waals surface area contributed by atoms with Crippen molar-refractivity contribution in [1.29, 1.82) is 0 Å². The highest BCUT2D eigenvalue weighted by Crippen LogP contribution is 2.46. The molecule has 0 aliphatic heterocycles. The van der Waals surface area contributed by atoms with Gasteiger partial charge in [0.15, 0.2) is 7.14 Å². The van der Waals surface area contributed by atoms with E-state index in [0.29, 0.717) is 0 Å². The molecule has 0 N–H and O–H groups in total. The summed E-state index contributed by atoms with van der Waals surface area (Å²) in [6.07, 6.45) is 0.